The van der Waals surface area contributed by atoms with Crippen LogP contribution in [0.2, 0.25) is 0 Å². The summed E-state index contributed by atoms with van der Waals surface area (Å²) in [5, 5.41) is 3.23. The summed E-state index contributed by atoms with van der Waals surface area (Å²) in [6.45, 7) is 3.78. The van der Waals surface area contributed by atoms with Crippen molar-refractivity contribution in [2.75, 3.05) is 7.05 Å². The van der Waals surface area contributed by atoms with Crippen LogP contribution in [0.5, 0.6) is 0 Å². The summed E-state index contributed by atoms with van der Waals surface area (Å²) in [4.78, 5) is 7.16. The molecule has 1 heterocycles. The molecule has 0 radical (unpaired) electrons. The van der Waals surface area contributed by atoms with Crippen molar-refractivity contribution in [3.63, 3.8) is 0 Å². The highest BCUT2D eigenvalue weighted by Gasteiger charge is 2.05. The van der Waals surface area contributed by atoms with Gasteiger partial charge < -0.3 is 5.73 Å². The van der Waals surface area contributed by atoms with Gasteiger partial charge in [0.15, 0.2) is 0 Å². The summed E-state index contributed by atoms with van der Waals surface area (Å²) < 4.78 is 0. The molecule has 1 aromatic heterocycles. The Morgan fingerprint density at radius 1 is 1.32 bits per heavy atom. The molecule has 19 heavy (non-hydrogen) atoms. The lowest BCUT2D eigenvalue weighted by Crippen LogP contribution is -2.17. The quantitative estimate of drug-likeness (QED) is 0.860. The maximum Gasteiger partial charge on any atom is 0.103 e. The lowest BCUT2D eigenvalue weighted by molar-refractivity contribution is 0.315. The number of aryl methyl sites for hydroxylation is 1. The molecule has 2 N–H and O–H groups in total. The van der Waals surface area contributed by atoms with Crippen LogP contribution < -0.4 is 5.73 Å². The van der Waals surface area contributed by atoms with Crippen LogP contribution in [0.3, 0.4) is 0 Å². The van der Waals surface area contributed by atoms with E-state index < -0.39 is 0 Å². The van der Waals surface area contributed by atoms with E-state index in [2.05, 4.69) is 34.4 Å². The zero-order valence-corrected chi connectivity index (χ0v) is 12.7. The predicted molar refractivity (Wildman–Crippen MR) is 84.4 cm³/mol. The molecule has 0 bridgehead atoms. The van der Waals surface area contributed by atoms with Crippen LogP contribution in [0.25, 0.3) is 0 Å². The molecular weight excluding hydrogens is 274 g/mol. The number of aromatic nitrogens is 1. The number of benzene rings is 1. The number of nitrogens with two attached hydrogens (primary N) is 1. The first-order valence-corrected chi connectivity index (χ1v) is 7.31. The highest BCUT2D eigenvalue weighted by molar-refractivity contribution is 7.80. The molecule has 0 atom stereocenters. The first kappa shape index (κ1) is 14.1. The SMILES string of the molecule is Cc1nc(CN(C)Cc2ccc(C(N)=S)cc2)cs1. The number of hydrogen-bond donors (Lipinski definition) is 1. The Balaban J connectivity index is 1.94. The number of thiocarbonyl (C=S) groups is 1. The number of rotatable bonds is 5. The Hall–Kier alpha value is -1.30. The molecule has 2 aromatic rings. The van der Waals surface area contributed by atoms with Gasteiger partial charge in [0.1, 0.15) is 4.99 Å². The topological polar surface area (TPSA) is 42.2 Å². The fourth-order valence-electron chi connectivity index (χ4n) is 1.90. The van der Waals surface area contributed by atoms with Crippen LogP contribution in [0, 0.1) is 6.92 Å². The Labute approximate surface area is 123 Å². The third-order valence-corrected chi connectivity index (χ3v) is 3.85. The number of nitrogens with zero attached hydrogens (tertiary/aromatic N) is 2. The standard InChI is InChI=1S/C14H17N3S2/c1-10-16-13(9-19-10)8-17(2)7-11-3-5-12(6-4-11)14(15)18/h3-6,9H,7-8H2,1-2H3,(H2,15,18). The maximum absolute atomic E-state index is 5.58. The van der Waals surface area contributed by atoms with Crippen LogP contribution in [-0.2, 0) is 13.1 Å². The van der Waals surface area contributed by atoms with Crippen molar-refractivity contribution < 1.29 is 0 Å². The average Bonchev–Trinajstić information content (AvgIpc) is 2.75. The van der Waals surface area contributed by atoms with Gasteiger partial charge in [-0.3, -0.25) is 4.90 Å². The second-order valence-electron chi connectivity index (χ2n) is 4.59. The third kappa shape index (κ3) is 4.09. The first-order valence-electron chi connectivity index (χ1n) is 6.03. The van der Waals surface area contributed by atoms with Crippen molar-refractivity contribution in [2.24, 2.45) is 5.73 Å². The number of thiazole rings is 1. The molecule has 0 unspecified atom stereocenters. The van der Waals surface area contributed by atoms with Crippen LogP contribution in [-0.4, -0.2) is 21.9 Å². The second-order valence-corrected chi connectivity index (χ2v) is 6.09. The predicted octanol–water partition coefficient (Wildman–Crippen LogP) is 2.72. The third-order valence-electron chi connectivity index (χ3n) is 2.79. The Morgan fingerprint density at radius 2 is 2.00 bits per heavy atom. The van der Waals surface area contributed by atoms with Gasteiger partial charge in [-0.1, -0.05) is 36.5 Å². The zero-order valence-electron chi connectivity index (χ0n) is 11.1. The minimum Gasteiger partial charge on any atom is -0.389 e. The minimum absolute atomic E-state index is 0.442. The van der Waals surface area contributed by atoms with Gasteiger partial charge in [0.25, 0.3) is 0 Å². The molecule has 5 heteroatoms. The monoisotopic (exact) mass is 291 g/mol. The van der Waals surface area contributed by atoms with Crippen LogP contribution >= 0.6 is 23.6 Å². The molecule has 0 fully saturated rings. The van der Waals surface area contributed by atoms with E-state index in [1.165, 1.54) is 5.56 Å². The van der Waals surface area contributed by atoms with E-state index >= 15 is 0 Å². The lowest BCUT2D eigenvalue weighted by atomic mass is 10.1. The van der Waals surface area contributed by atoms with Crippen LogP contribution in [0.15, 0.2) is 29.6 Å². The molecule has 3 nitrogen and oxygen atoms in total. The zero-order chi connectivity index (χ0) is 13.8. The van der Waals surface area contributed by atoms with Gasteiger partial charge in [-0.2, -0.15) is 0 Å². The molecule has 0 saturated heterocycles. The van der Waals surface area contributed by atoms with Crippen molar-refractivity contribution in [2.45, 2.75) is 20.0 Å². The van der Waals surface area contributed by atoms with E-state index in [0.717, 1.165) is 29.4 Å². The summed E-state index contributed by atoms with van der Waals surface area (Å²) in [5.41, 5.74) is 8.87. The lowest BCUT2D eigenvalue weighted by Gasteiger charge is -2.15. The fourth-order valence-corrected chi connectivity index (χ4v) is 2.64. The van der Waals surface area contributed by atoms with E-state index in [4.69, 9.17) is 18.0 Å². The fraction of sp³-hybridized carbons (Fsp3) is 0.286. The Bertz CT molecular complexity index is 560. The van der Waals surface area contributed by atoms with Gasteiger partial charge >= 0.3 is 0 Å². The van der Waals surface area contributed by atoms with Gasteiger partial charge in [-0.25, -0.2) is 4.98 Å². The van der Waals surface area contributed by atoms with Crippen molar-refractivity contribution in [3.05, 3.63) is 51.5 Å². The van der Waals surface area contributed by atoms with Gasteiger partial charge in [0, 0.05) is 24.0 Å². The summed E-state index contributed by atoms with van der Waals surface area (Å²) >= 11 is 6.63. The molecule has 2 rings (SSSR count). The summed E-state index contributed by atoms with van der Waals surface area (Å²) in [6.07, 6.45) is 0. The highest BCUT2D eigenvalue weighted by atomic mass is 32.1. The molecule has 1 aromatic carbocycles. The van der Waals surface area contributed by atoms with E-state index in [1.807, 2.05) is 19.1 Å². The largest absolute Gasteiger partial charge is 0.389 e. The molecule has 0 saturated carbocycles. The van der Waals surface area contributed by atoms with Gasteiger partial charge in [0.2, 0.25) is 0 Å². The summed E-state index contributed by atoms with van der Waals surface area (Å²) in [5.74, 6) is 0. The number of hydrogen-bond acceptors (Lipinski definition) is 4. The molecular formula is C14H17N3S2. The first-order chi connectivity index (χ1) is 9.04. The smallest absolute Gasteiger partial charge is 0.103 e. The average molecular weight is 291 g/mol. The van der Waals surface area contributed by atoms with E-state index in [1.54, 1.807) is 11.3 Å². The maximum atomic E-state index is 5.58. The van der Waals surface area contributed by atoms with Crippen molar-refractivity contribution in [1.29, 1.82) is 0 Å². The molecule has 0 aliphatic carbocycles. The van der Waals surface area contributed by atoms with Gasteiger partial charge in [0.05, 0.1) is 10.7 Å². The Morgan fingerprint density at radius 3 is 2.53 bits per heavy atom. The van der Waals surface area contributed by atoms with Crippen LogP contribution in [0.4, 0.5) is 0 Å². The van der Waals surface area contributed by atoms with E-state index in [-0.39, 0.29) is 0 Å². The van der Waals surface area contributed by atoms with Crippen LogP contribution in [0.1, 0.15) is 21.8 Å². The summed E-state index contributed by atoms with van der Waals surface area (Å²) in [6, 6.07) is 8.07. The molecule has 0 spiro atoms. The van der Waals surface area contributed by atoms with Gasteiger partial charge in [-0.15, -0.1) is 11.3 Å². The molecule has 0 amide bonds. The molecule has 0 aliphatic heterocycles. The van der Waals surface area contributed by atoms with E-state index in [9.17, 15) is 0 Å². The molecule has 100 valence electrons. The van der Waals surface area contributed by atoms with Crippen molar-refractivity contribution in [3.8, 4) is 0 Å². The normalized spacial score (nSPS) is 10.9. The van der Waals surface area contributed by atoms with Gasteiger partial charge in [-0.05, 0) is 19.5 Å². The minimum atomic E-state index is 0.442. The van der Waals surface area contributed by atoms with E-state index in [0.29, 0.717) is 4.99 Å². The second kappa shape index (κ2) is 6.23. The Kier molecular flexibility index (Phi) is 4.63. The summed E-state index contributed by atoms with van der Waals surface area (Å²) in [7, 11) is 2.09. The van der Waals surface area contributed by atoms with Crippen molar-refractivity contribution >= 4 is 28.5 Å². The molecule has 0 aliphatic rings. The highest BCUT2D eigenvalue weighted by Crippen LogP contribution is 2.12. The van der Waals surface area contributed by atoms with Crippen molar-refractivity contribution in [1.82, 2.24) is 9.88 Å².